The predicted octanol–water partition coefficient (Wildman–Crippen LogP) is -6.96. The number of phosphoric acid groups is 2. The molecule has 108 valence electrons. The Morgan fingerprint density at radius 2 is 1.00 bits per heavy atom. The molecule has 1 aromatic carbocycles. The predicted molar refractivity (Wildman–Crippen MR) is 53.3 cm³/mol. The SMILES string of the molecule is Cl.Nc1ccccc1.O=P([O-])([O-])[O-].O=P([O-])([O-])[O-].[Na+].[V+5]. The summed E-state index contributed by atoms with van der Waals surface area (Å²) in [4.78, 5) is 51.3. The van der Waals surface area contributed by atoms with E-state index >= 15 is 0 Å². The summed E-state index contributed by atoms with van der Waals surface area (Å²) in [6.07, 6.45) is 0. The van der Waals surface area contributed by atoms with E-state index in [-0.39, 0.29) is 60.5 Å². The molecule has 14 heteroatoms. The van der Waals surface area contributed by atoms with E-state index in [1.165, 1.54) is 0 Å². The van der Waals surface area contributed by atoms with Crippen molar-refractivity contribution in [3.05, 3.63) is 30.3 Å². The summed E-state index contributed by atoms with van der Waals surface area (Å²) in [5.41, 5.74) is 6.18. The average molecular weight is 393 g/mol. The number of rotatable bonds is 0. The molecule has 0 amide bonds. The molecule has 0 radical (unpaired) electrons. The van der Waals surface area contributed by atoms with Crippen molar-refractivity contribution in [1.29, 1.82) is 0 Å². The summed E-state index contributed by atoms with van der Waals surface area (Å²) >= 11 is 0. The number of anilines is 1. The molecule has 0 bridgehead atoms. The molecule has 0 unspecified atom stereocenters. The number of hydrogen-bond donors (Lipinski definition) is 1. The standard InChI is InChI=1S/C6H7N.ClH.Na.2H3O4P.V/c7-6-4-2-1-3-5-6;;;2*1-5(2,3)4;/h1-5H,7H2;1H;;2*(H3,1,2,3,4);/q;;+1;;;+5/p-6. The van der Waals surface area contributed by atoms with Crippen molar-refractivity contribution in [2.45, 2.75) is 0 Å². The zero-order valence-corrected chi connectivity index (χ0v) is 16.0. The fourth-order valence-electron chi connectivity index (χ4n) is 0.453. The second-order valence-corrected chi connectivity index (χ2v) is 4.09. The van der Waals surface area contributed by atoms with Crippen molar-refractivity contribution in [2.75, 3.05) is 5.73 Å². The van der Waals surface area contributed by atoms with E-state index in [1.54, 1.807) is 0 Å². The van der Waals surface area contributed by atoms with Gasteiger partial charge in [-0.05, 0) is 12.1 Å². The molecule has 0 aliphatic carbocycles. The van der Waals surface area contributed by atoms with E-state index in [4.69, 9.17) is 44.2 Å². The molecule has 1 rings (SSSR count). The van der Waals surface area contributed by atoms with Gasteiger partial charge in [0, 0.05) is 5.69 Å². The van der Waals surface area contributed by atoms with E-state index in [0.29, 0.717) is 0 Å². The first-order valence-electron chi connectivity index (χ1n) is 3.66. The molecular weight excluding hydrogens is 385 g/mol. The van der Waals surface area contributed by atoms with Gasteiger partial charge in [0.15, 0.2) is 0 Å². The Labute approximate surface area is 155 Å². The normalized spacial score (nSPS) is 8.90. The summed E-state index contributed by atoms with van der Waals surface area (Å²) in [5, 5.41) is 0. The Morgan fingerprint density at radius 1 is 0.800 bits per heavy atom. The van der Waals surface area contributed by atoms with Gasteiger partial charge in [0.2, 0.25) is 0 Å². The maximum absolute atomic E-state index is 8.55. The molecule has 20 heavy (non-hydrogen) atoms. The Hall–Kier alpha value is 1.11. The van der Waals surface area contributed by atoms with Crippen LogP contribution >= 0.6 is 28.1 Å². The monoisotopic (exact) mass is 393 g/mol. The van der Waals surface area contributed by atoms with Crippen molar-refractivity contribution in [3.8, 4) is 0 Å². The first-order chi connectivity index (χ1) is 7.39. The van der Waals surface area contributed by atoms with Crippen LogP contribution in [0.25, 0.3) is 0 Å². The number of hydrogen-bond acceptors (Lipinski definition) is 9. The van der Waals surface area contributed by atoms with Crippen LogP contribution in [0, 0.1) is 0 Å². The van der Waals surface area contributed by atoms with Crippen LogP contribution in [0.15, 0.2) is 30.3 Å². The van der Waals surface area contributed by atoms with Crippen LogP contribution in [0.2, 0.25) is 0 Å². The molecule has 1 aromatic rings. The summed E-state index contributed by atoms with van der Waals surface area (Å²) in [7, 11) is -10.8. The fraction of sp³-hybridized carbons (Fsp3) is 0. The van der Waals surface area contributed by atoms with E-state index in [9.17, 15) is 0 Å². The van der Waals surface area contributed by atoms with Crippen LogP contribution in [0.3, 0.4) is 0 Å². The number of nitrogen functional groups attached to an aromatic ring is 1. The van der Waals surface area contributed by atoms with Crippen LogP contribution in [0.5, 0.6) is 0 Å². The molecule has 9 nitrogen and oxygen atoms in total. The number of halogens is 1. The van der Waals surface area contributed by atoms with E-state index in [1.807, 2.05) is 30.3 Å². The second kappa shape index (κ2) is 16.5. The first-order valence-corrected chi connectivity index (χ1v) is 6.58. The van der Waals surface area contributed by atoms with E-state index in [0.717, 1.165) is 5.69 Å². The minimum atomic E-state index is -5.39. The van der Waals surface area contributed by atoms with Crippen molar-refractivity contribution >= 4 is 33.7 Å². The minimum absolute atomic E-state index is 0. The van der Waals surface area contributed by atoms with Crippen molar-refractivity contribution < 1.29 is 86.6 Å². The Bertz CT molecular complexity index is 365. The first kappa shape index (κ1) is 32.9. The minimum Gasteiger partial charge on any atom is -0.822 e. The molecule has 0 heterocycles. The number of benzene rings is 1. The third kappa shape index (κ3) is 75.5. The van der Waals surface area contributed by atoms with E-state index < -0.39 is 15.6 Å². The largest absolute Gasteiger partial charge is 5.00 e. The average Bonchev–Trinajstić information content (AvgIpc) is 1.98. The van der Waals surface area contributed by atoms with E-state index in [2.05, 4.69) is 0 Å². The van der Waals surface area contributed by atoms with Gasteiger partial charge in [-0.2, -0.15) is 15.6 Å². The Morgan fingerprint density at radius 3 is 1.10 bits per heavy atom. The van der Waals surface area contributed by atoms with Crippen LogP contribution in [0.4, 0.5) is 5.69 Å². The van der Waals surface area contributed by atoms with Crippen LogP contribution in [-0.4, -0.2) is 0 Å². The molecule has 0 fully saturated rings. The van der Waals surface area contributed by atoms with Gasteiger partial charge in [0.25, 0.3) is 0 Å². The summed E-state index contributed by atoms with van der Waals surface area (Å²) in [6.45, 7) is 0. The zero-order chi connectivity index (χ0) is 14.1. The van der Waals surface area contributed by atoms with Crippen LogP contribution < -0.4 is 64.7 Å². The number of para-hydroxylation sites is 1. The number of nitrogens with two attached hydrogens (primary N) is 1. The van der Waals surface area contributed by atoms with Gasteiger partial charge in [-0.25, -0.2) is 0 Å². The molecule has 2 N–H and O–H groups in total. The Kier molecular flexibility index (Phi) is 27.1. The van der Waals surface area contributed by atoms with Gasteiger partial charge in [0.05, 0.1) is 0 Å². The van der Waals surface area contributed by atoms with Gasteiger partial charge in [-0.3, -0.25) is 0 Å². The fourth-order valence-corrected chi connectivity index (χ4v) is 0.453. The topological polar surface area (TPSA) is 199 Å². The van der Waals surface area contributed by atoms with Gasteiger partial charge in [-0.1, -0.05) is 18.2 Å². The van der Waals surface area contributed by atoms with Gasteiger partial charge in [0.1, 0.15) is 0 Å². The smallest absolute Gasteiger partial charge is 0.822 e. The third-order valence-electron chi connectivity index (χ3n) is 0.800. The van der Waals surface area contributed by atoms with Crippen molar-refractivity contribution in [2.24, 2.45) is 0 Å². The Balaban J connectivity index is -0.0000000536. The van der Waals surface area contributed by atoms with Crippen LogP contribution in [0.1, 0.15) is 0 Å². The maximum atomic E-state index is 8.55. The zero-order valence-electron chi connectivity index (χ0n) is 9.98. The van der Waals surface area contributed by atoms with Crippen molar-refractivity contribution in [1.82, 2.24) is 0 Å². The molecule has 0 spiro atoms. The molecule has 0 aliphatic rings. The maximum Gasteiger partial charge on any atom is 5.00 e. The molecule has 0 aliphatic heterocycles. The summed E-state index contributed by atoms with van der Waals surface area (Å²) in [5.74, 6) is 0. The molecule has 0 aromatic heterocycles. The summed E-state index contributed by atoms with van der Waals surface area (Å²) < 4.78 is 17.1. The van der Waals surface area contributed by atoms with Gasteiger partial charge < -0.3 is 44.2 Å². The molecule has 0 atom stereocenters. The second-order valence-electron chi connectivity index (χ2n) is 2.31. The molecule has 0 saturated heterocycles. The quantitative estimate of drug-likeness (QED) is 0.252. The molecule has 0 saturated carbocycles. The van der Waals surface area contributed by atoms with Crippen LogP contribution in [-0.2, 0) is 27.7 Å². The third-order valence-corrected chi connectivity index (χ3v) is 0.800. The molecular formula is C6H8ClNNaO8P2V. The van der Waals surface area contributed by atoms with Gasteiger partial charge >= 0.3 is 48.1 Å². The summed E-state index contributed by atoms with van der Waals surface area (Å²) in [6, 6.07) is 9.49. The van der Waals surface area contributed by atoms with Gasteiger partial charge in [-0.15, -0.1) is 12.4 Å². The van der Waals surface area contributed by atoms with Crippen molar-refractivity contribution in [3.63, 3.8) is 0 Å².